The van der Waals surface area contributed by atoms with Gasteiger partial charge in [-0.1, -0.05) is 13.8 Å². The standard InChI is InChI=1S/C10H25N3O2S/c1-10(2)6-8-12-16(14,15)13(4)9-5-7-11-3/h10-12H,5-9H2,1-4H3. The van der Waals surface area contributed by atoms with E-state index in [2.05, 4.69) is 23.9 Å². The quantitative estimate of drug-likeness (QED) is 0.583. The molecular weight excluding hydrogens is 226 g/mol. The first-order chi connectivity index (χ1) is 7.40. The third-order valence-electron chi connectivity index (χ3n) is 2.32. The molecule has 0 aromatic carbocycles. The molecule has 0 spiro atoms. The second-order valence-corrected chi connectivity index (χ2v) is 6.22. The van der Waals surface area contributed by atoms with E-state index in [0.29, 0.717) is 19.0 Å². The second kappa shape index (κ2) is 8.00. The monoisotopic (exact) mass is 251 g/mol. The Labute approximate surface area is 99.8 Å². The fourth-order valence-corrected chi connectivity index (χ4v) is 2.15. The fraction of sp³-hybridized carbons (Fsp3) is 1.00. The highest BCUT2D eigenvalue weighted by Crippen LogP contribution is 2.00. The largest absolute Gasteiger partial charge is 0.320 e. The van der Waals surface area contributed by atoms with Gasteiger partial charge in [0.1, 0.15) is 0 Å². The van der Waals surface area contributed by atoms with E-state index >= 15 is 0 Å². The predicted octanol–water partition coefficient (Wildman–Crippen LogP) is 0.408. The van der Waals surface area contributed by atoms with Gasteiger partial charge in [0.25, 0.3) is 10.2 Å². The highest BCUT2D eigenvalue weighted by atomic mass is 32.2. The van der Waals surface area contributed by atoms with Gasteiger partial charge in [0.05, 0.1) is 0 Å². The Balaban J connectivity index is 3.91. The summed E-state index contributed by atoms with van der Waals surface area (Å²) in [5.74, 6) is 0.511. The maximum absolute atomic E-state index is 11.7. The molecule has 0 aliphatic rings. The molecule has 0 bridgehead atoms. The van der Waals surface area contributed by atoms with Crippen molar-refractivity contribution >= 4 is 10.2 Å². The summed E-state index contributed by atoms with van der Waals surface area (Å²) in [6.07, 6.45) is 1.68. The third kappa shape index (κ3) is 7.16. The average Bonchev–Trinajstić information content (AvgIpc) is 2.17. The highest BCUT2D eigenvalue weighted by molar-refractivity contribution is 7.87. The lowest BCUT2D eigenvalue weighted by molar-refractivity contribution is 0.444. The lowest BCUT2D eigenvalue weighted by Gasteiger charge is -2.17. The van der Waals surface area contributed by atoms with Crippen molar-refractivity contribution in [2.24, 2.45) is 5.92 Å². The van der Waals surface area contributed by atoms with Crippen LogP contribution in [0.3, 0.4) is 0 Å². The lowest BCUT2D eigenvalue weighted by atomic mass is 10.1. The summed E-state index contributed by atoms with van der Waals surface area (Å²) in [7, 11) is 0.180. The van der Waals surface area contributed by atoms with Gasteiger partial charge in [-0.3, -0.25) is 0 Å². The molecular formula is C10H25N3O2S. The third-order valence-corrected chi connectivity index (χ3v) is 3.89. The first-order valence-electron chi connectivity index (χ1n) is 5.75. The Bertz CT molecular complexity index is 265. The van der Waals surface area contributed by atoms with E-state index in [1.54, 1.807) is 7.05 Å². The molecule has 0 aliphatic carbocycles. The van der Waals surface area contributed by atoms with E-state index in [1.165, 1.54) is 4.31 Å². The molecule has 0 heterocycles. The average molecular weight is 251 g/mol. The minimum Gasteiger partial charge on any atom is -0.320 e. The van der Waals surface area contributed by atoms with Gasteiger partial charge in [-0.15, -0.1) is 0 Å². The summed E-state index contributed by atoms with van der Waals surface area (Å²) >= 11 is 0. The van der Waals surface area contributed by atoms with Gasteiger partial charge in [-0.05, 0) is 32.4 Å². The summed E-state index contributed by atoms with van der Waals surface area (Å²) in [6.45, 7) is 6.02. The van der Waals surface area contributed by atoms with E-state index < -0.39 is 10.2 Å². The zero-order valence-electron chi connectivity index (χ0n) is 10.8. The van der Waals surface area contributed by atoms with Crippen LogP contribution in [0.25, 0.3) is 0 Å². The molecule has 6 heteroatoms. The van der Waals surface area contributed by atoms with Crippen molar-refractivity contribution in [3.63, 3.8) is 0 Å². The van der Waals surface area contributed by atoms with E-state index in [-0.39, 0.29) is 0 Å². The van der Waals surface area contributed by atoms with Crippen LogP contribution in [0.4, 0.5) is 0 Å². The van der Waals surface area contributed by atoms with Crippen molar-refractivity contribution < 1.29 is 8.42 Å². The molecule has 2 N–H and O–H groups in total. The maximum Gasteiger partial charge on any atom is 0.279 e. The summed E-state index contributed by atoms with van der Waals surface area (Å²) < 4.78 is 27.4. The zero-order valence-corrected chi connectivity index (χ0v) is 11.6. The van der Waals surface area contributed by atoms with Crippen LogP contribution in [0.1, 0.15) is 26.7 Å². The molecule has 0 aromatic rings. The van der Waals surface area contributed by atoms with Crippen LogP contribution < -0.4 is 10.0 Å². The topological polar surface area (TPSA) is 61.4 Å². The Kier molecular flexibility index (Phi) is 7.91. The summed E-state index contributed by atoms with van der Waals surface area (Å²) in [4.78, 5) is 0. The summed E-state index contributed by atoms with van der Waals surface area (Å²) in [5, 5.41) is 2.99. The Hall–Kier alpha value is -0.170. The van der Waals surface area contributed by atoms with Crippen molar-refractivity contribution in [2.45, 2.75) is 26.7 Å². The van der Waals surface area contributed by atoms with Gasteiger partial charge in [-0.25, -0.2) is 4.72 Å². The van der Waals surface area contributed by atoms with Crippen LogP contribution >= 0.6 is 0 Å². The van der Waals surface area contributed by atoms with Gasteiger partial charge in [0.2, 0.25) is 0 Å². The normalized spacial score (nSPS) is 12.6. The van der Waals surface area contributed by atoms with Crippen LogP contribution in [0.15, 0.2) is 0 Å². The first kappa shape index (κ1) is 15.8. The van der Waals surface area contributed by atoms with Crippen molar-refractivity contribution in [3.8, 4) is 0 Å². The number of hydrogen-bond donors (Lipinski definition) is 2. The van der Waals surface area contributed by atoms with Gasteiger partial charge in [-0.2, -0.15) is 12.7 Å². The van der Waals surface area contributed by atoms with Crippen LogP contribution in [0.2, 0.25) is 0 Å². The predicted molar refractivity (Wildman–Crippen MR) is 67.6 cm³/mol. The summed E-state index contributed by atoms with van der Waals surface area (Å²) in [5.41, 5.74) is 0. The van der Waals surface area contributed by atoms with E-state index in [4.69, 9.17) is 0 Å². The highest BCUT2D eigenvalue weighted by Gasteiger charge is 2.15. The van der Waals surface area contributed by atoms with Crippen molar-refractivity contribution in [3.05, 3.63) is 0 Å². The SMILES string of the molecule is CNCCCN(C)S(=O)(=O)NCCC(C)C. The van der Waals surface area contributed by atoms with Crippen LogP contribution in [-0.2, 0) is 10.2 Å². The molecule has 0 unspecified atom stereocenters. The van der Waals surface area contributed by atoms with Crippen molar-refractivity contribution in [1.82, 2.24) is 14.3 Å². The number of nitrogens with one attached hydrogen (secondary N) is 2. The molecule has 0 saturated carbocycles. The molecule has 0 aromatic heterocycles. The summed E-state index contributed by atoms with van der Waals surface area (Å²) in [6, 6.07) is 0. The van der Waals surface area contributed by atoms with Crippen LogP contribution in [-0.4, -0.2) is 46.5 Å². The molecule has 0 amide bonds. The maximum atomic E-state index is 11.7. The number of hydrogen-bond acceptors (Lipinski definition) is 3. The van der Waals surface area contributed by atoms with Gasteiger partial charge in [0, 0.05) is 20.1 Å². The van der Waals surface area contributed by atoms with Crippen LogP contribution in [0.5, 0.6) is 0 Å². The molecule has 0 fully saturated rings. The minimum atomic E-state index is -3.28. The molecule has 16 heavy (non-hydrogen) atoms. The Morgan fingerprint density at radius 3 is 2.38 bits per heavy atom. The molecule has 0 radical (unpaired) electrons. The first-order valence-corrected chi connectivity index (χ1v) is 7.19. The van der Waals surface area contributed by atoms with Gasteiger partial charge in [0.15, 0.2) is 0 Å². The zero-order chi connectivity index (χ0) is 12.6. The fourth-order valence-electron chi connectivity index (χ4n) is 1.19. The Morgan fingerprint density at radius 1 is 1.25 bits per heavy atom. The number of nitrogens with zero attached hydrogens (tertiary/aromatic N) is 1. The molecule has 98 valence electrons. The smallest absolute Gasteiger partial charge is 0.279 e. The van der Waals surface area contributed by atoms with Gasteiger partial charge >= 0.3 is 0 Å². The molecule has 0 aliphatic heterocycles. The van der Waals surface area contributed by atoms with Crippen molar-refractivity contribution in [2.75, 3.05) is 33.7 Å². The molecule has 0 saturated heterocycles. The Morgan fingerprint density at radius 2 is 1.88 bits per heavy atom. The van der Waals surface area contributed by atoms with E-state index in [0.717, 1.165) is 19.4 Å². The van der Waals surface area contributed by atoms with E-state index in [9.17, 15) is 8.42 Å². The number of rotatable bonds is 9. The van der Waals surface area contributed by atoms with E-state index in [1.807, 2.05) is 7.05 Å². The second-order valence-electron chi connectivity index (χ2n) is 4.36. The molecule has 5 nitrogen and oxygen atoms in total. The van der Waals surface area contributed by atoms with Crippen LogP contribution in [0, 0.1) is 5.92 Å². The lowest BCUT2D eigenvalue weighted by Crippen LogP contribution is -2.39. The van der Waals surface area contributed by atoms with Crippen molar-refractivity contribution in [1.29, 1.82) is 0 Å². The minimum absolute atomic E-state index is 0.510. The van der Waals surface area contributed by atoms with Gasteiger partial charge < -0.3 is 5.32 Å². The molecule has 0 rings (SSSR count). The molecule has 0 atom stereocenters.